The molecule has 3 atom stereocenters. The summed E-state index contributed by atoms with van der Waals surface area (Å²) >= 11 is 0. The molecule has 1 aliphatic heterocycles. The second-order valence-electron chi connectivity index (χ2n) is 5.63. The molecule has 0 amide bonds. The monoisotopic (exact) mass is 309 g/mol. The number of hydrogen-bond donors (Lipinski definition) is 1. The molecule has 0 saturated carbocycles. The number of rotatable bonds is 4. The lowest BCUT2D eigenvalue weighted by Gasteiger charge is -2.35. The molecule has 1 heterocycles. The SMILES string of the molecule is CC[C@]1(C(=O)OC)C[C@H](C(=O)O)[C@@H](c2ccc(F)cc2)N1C. The van der Waals surface area contributed by atoms with Crippen LogP contribution in [0.5, 0.6) is 0 Å². The summed E-state index contributed by atoms with van der Waals surface area (Å²) in [7, 11) is 3.02. The summed E-state index contributed by atoms with van der Waals surface area (Å²) in [4.78, 5) is 25.7. The fourth-order valence-corrected chi connectivity index (χ4v) is 3.45. The van der Waals surface area contributed by atoms with Gasteiger partial charge < -0.3 is 9.84 Å². The number of halogens is 1. The number of likely N-dealkylation sites (N-methyl/N-ethyl adjacent to an activating group) is 1. The third kappa shape index (κ3) is 2.47. The Bertz CT molecular complexity index is 574. The number of hydrogen-bond acceptors (Lipinski definition) is 4. The number of methoxy groups -OCH3 is 1. The van der Waals surface area contributed by atoms with Crippen LogP contribution in [0.25, 0.3) is 0 Å². The van der Waals surface area contributed by atoms with Gasteiger partial charge in [0.2, 0.25) is 0 Å². The minimum Gasteiger partial charge on any atom is -0.481 e. The van der Waals surface area contributed by atoms with E-state index in [4.69, 9.17) is 4.74 Å². The predicted octanol–water partition coefficient (Wildman–Crippen LogP) is 2.22. The molecule has 0 bridgehead atoms. The van der Waals surface area contributed by atoms with Crippen LogP contribution in [0.2, 0.25) is 0 Å². The first-order valence-corrected chi connectivity index (χ1v) is 7.17. The van der Waals surface area contributed by atoms with Crippen LogP contribution < -0.4 is 0 Å². The Balaban J connectivity index is 2.49. The van der Waals surface area contributed by atoms with Crippen LogP contribution in [-0.2, 0) is 14.3 Å². The zero-order valence-corrected chi connectivity index (χ0v) is 12.9. The third-order valence-corrected chi connectivity index (χ3v) is 4.71. The van der Waals surface area contributed by atoms with Gasteiger partial charge in [-0.05, 0) is 37.6 Å². The average Bonchev–Trinajstić information content (AvgIpc) is 2.81. The number of carboxylic acid groups (broad SMARTS) is 1. The molecule has 0 radical (unpaired) electrons. The van der Waals surface area contributed by atoms with Crippen molar-refractivity contribution in [1.82, 2.24) is 4.90 Å². The summed E-state index contributed by atoms with van der Waals surface area (Å²) in [5.74, 6) is -2.55. The second kappa shape index (κ2) is 6.04. The van der Waals surface area contributed by atoms with Gasteiger partial charge in [0, 0.05) is 6.04 Å². The minimum absolute atomic E-state index is 0.171. The van der Waals surface area contributed by atoms with Crippen LogP contribution in [-0.4, -0.2) is 41.6 Å². The van der Waals surface area contributed by atoms with Crippen molar-refractivity contribution in [3.8, 4) is 0 Å². The largest absolute Gasteiger partial charge is 0.481 e. The summed E-state index contributed by atoms with van der Waals surface area (Å²) < 4.78 is 18.0. The number of esters is 1. The molecule has 0 aliphatic carbocycles. The van der Waals surface area contributed by atoms with Gasteiger partial charge in [0.25, 0.3) is 0 Å². The Kier molecular flexibility index (Phi) is 4.51. The lowest BCUT2D eigenvalue weighted by atomic mass is 9.87. The molecule has 1 aromatic carbocycles. The van der Waals surface area contributed by atoms with Crippen molar-refractivity contribution in [2.24, 2.45) is 5.92 Å². The zero-order valence-electron chi connectivity index (χ0n) is 12.9. The normalized spacial score (nSPS) is 28.5. The van der Waals surface area contributed by atoms with Crippen LogP contribution >= 0.6 is 0 Å². The van der Waals surface area contributed by atoms with Crippen LogP contribution in [0.1, 0.15) is 31.4 Å². The van der Waals surface area contributed by atoms with E-state index in [1.54, 1.807) is 24.1 Å². The van der Waals surface area contributed by atoms with E-state index in [1.165, 1.54) is 19.2 Å². The van der Waals surface area contributed by atoms with Crippen LogP contribution in [0, 0.1) is 11.7 Å². The van der Waals surface area contributed by atoms with E-state index >= 15 is 0 Å². The lowest BCUT2D eigenvalue weighted by molar-refractivity contribution is -0.153. The zero-order chi connectivity index (χ0) is 16.5. The van der Waals surface area contributed by atoms with Crippen molar-refractivity contribution in [3.05, 3.63) is 35.6 Å². The number of carbonyl (C=O) groups excluding carboxylic acids is 1. The molecule has 1 aliphatic rings. The molecular weight excluding hydrogens is 289 g/mol. The summed E-state index contributed by atoms with van der Waals surface area (Å²) in [5, 5.41) is 9.55. The number of benzene rings is 1. The topological polar surface area (TPSA) is 66.8 Å². The molecule has 120 valence electrons. The van der Waals surface area contributed by atoms with Crippen molar-refractivity contribution in [2.75, 3.05) is 14.2 Å². The summed E-state index contributed by atoms with van der Waals surface area (Å²) in [6.45, 7) is 1.83. The summed E-state index contributed by atoms with van der Waals surface area (Å²) in [6, 6.07) is 5.22. The Morgan fingerprint density at radius 1 is 1.41 bits per heavy atom. The molecule has 0 unspecified atom stereocenters. The first-order chi connectivity index (χ1) is 10.4. The van der Waals surface area contributed by atoms with E-state index in [2.05, 4.69) is 0 Å². The van der Waals surface area contributed by atoms with Gasteiger partial charge in [-0.3, -0.25) is 14.5 Å². The summed E-state index contributed by atoms with van der Waals surface area (Å²) in [6.07, 6.45) is 0.613. The Morgan fingerprint density at radius 2 is 2.00 bits per heavy atom. The van der Waals surface area contributed by atoms with E-state index in [9.17, 15) is 19.1 Å². The van der Waals surface area contributed by atoms with Gasteiger partial charge in [-0.25, -0.2) is 4.39 Å². The van der Waals surface area contributed by atoms with Gasteiger partial charge in [0.1, 0.15) is 11.4 Å². The maximum absolute atomic E-state index is 13.1. The highest BCUT2D eigenvalue weighted by Crippen LogP contribution is 2.47. The Hall–Kier alpha value is -1.95. The van der Waals surface area contributed by atoms with E-state index < -0.39 is 29.4 Å². The fourth-order valence-electron chi connectivity index (χ4n) is 3.45. The molecule has 22 heavy (non-hydrogen) atoms. The maximum atomic E-state index is 13.1. The van der Waals surface area contributed by atoms with Crippen molar-refractivity contribution in [1.29, 1.82) is 0 Å². The second-order valence-corrected chi connectivity index (χ2v) is 5.63. The molecule has 1 aromatic rings. The molecule has 1 saturated heterocycles. The van der Waals surface area contributed by atoms with Crippen LogP contribution in [0.15, 0.2) is 24.3 Å². The van der Waals surface area contributed by atoms with E-state index in [0.29, 0.717) is 12.0 Å². The van der Waals surface area contributed by atoms with E-state index in [0.717, 1.165) is 0 Å². The first kappa shape index (κ1) is 16.4. The molecule has 0 aromatic heterocycles. The standard InChI is InChI=1S/C16H20FNO4/c1-4-16(15(21)22-3)9-12(14(19)20)13(18(16)2)10-5-7-11(17)8-6-10/h5-8,12-13H,4,9H2,1-3H3,(H,19,20)/t12-,13+,16+/m0/s1. The molecular formula is C16H20FNO4. The highest BCUT2D eigenvalue weighted by Gasteiger charge is 2.56. The van der Waals surface area contributed by atoms with Crippen molar-refractivity contribution < 1.29 is 23.8 Å². The number of ether oxygens (including phenoxy) is 1. The molecule has 1 fully saturated rings. The number of aliphatic carboxylic acids is 1. The predicted molar refractivity (Wildman–Crippen MR) is 77.7 cm³/mol. The highest BCUT2D eigenvalue weighted by atomic mass is 19.1. The number of nitrogens with zero attached hydrogens (tertiary/aromatic N) is 1. The molecule has 0 spiro atoms. The van der Waals surface area contributed by atoms with Crippen LogP contribution in [0.4, 0.5) is 4.39 Å². The Labute approximate surface area is 128 Å². The van der Waals surface area contributed by atoms with Gasteiger partial charge >= 0.3 is 11.9 Å². The quantitative estimate of drug-likeness (QED) is 0.864. The van der Waals surface area contributed by atoms with Gasteiger partial charge in [-0.15, -0.1) is 0 Å². The van der Waals surface area contributed by atoms with Gasteiger partial charge in [-0.1, -0.05) is 19.1 Å². The van der Waals surface area contributed by atoms with Crippen LogP contribution in [0.3, 0.4) is 0 Å². The number of carbonyl (C=O) groups is 2. The summed E-state index contributed by atoms with van der Waals surface area (Å²) in [5.41, 5.74) is -0.299. The number of carboxylic acids is 1. The van der Waals surface area contributed by atoms with Gasteiger partial charge in [0.05, 0.1) is 13.0 Å². The average molecular weight is 309 g/mol. The van der Waals surface area contributed by atoms with E-state index in [1.807, 2.05) is 6.92 Å². The van der Waals surface area contributed by atoms with Gasteiger partial charge in [0.15, 0.2) is 0 Å². The van der Waals surface area contributed by atoms with Gasteiger partial charge in [-0.2, -0.15) is 0 Å². The molecule has 2 rings (SSSR count). The highest BCUT2D eigenvalue weighted by molar-refractivity contribution is 5.84. The van der Waals surface area contributed by atoms with Crippen molar-refractivity contribution in [2.45, 2.75) is 31.3 Å². The first-order valence-electron chi connectivity index (χ1n) is 7.17. The smallest absolute Gasteiger partial charge is 0.326 e. The minimum atomic E-state index is -0.975. The molecule has 5 nitrogen and oxygen atoms in total. The third-order valence-electron chi connectivity index (χ3n) is 4.71. The molecule has 6 heteroatoms. The van der Waals surface area contributed by atoms with E-state index in [-0.39, 0.29) is 12.2 Å². The lowest BCUT2D eigenvalue weighted by Crippen LogP contribution is -2.49. The Morgan fingerprint density at radius 3 is 2.45 bits per heavy atom. The van der Waals surface area contributed by atoms with Crippen molar-refractivity contribution in [3.63, 3.8) is 0 Å². The maximum Gasteiger partial charge on any atom is 0.326 e. The number of likely N-dealkylation sites (tertiary alicyclic amines) is 1. The molecule has 1 N–H and O–H groups in total. The van der Waals surface area contributed by atoms with Crippen molar-refractivity contribution >= 4 is 11.9 Å². The fraction of sp³-hybridized carbons (Fsp3) is 0.500.